The molecule has 16 heteroatoms. The number of carbonyl (C=O) groups excluding carboxylic acids is 2. The largest absolute Gasteiger partial charge is 0.482 e. The minimum atomic E-state index is -4.24. The summed E-state index contributed by atoms with van der Waals surface area (Å²) in [5, 5.41) is 16.4. The number of rotatable bonds is 8. The Morgan fingerprint density at radius 3 is 2.48 bits per heavy atom. The molecule has 1 aromatic carbocycles. The normalized spacial score (nSPS) is 17.6. The van der Waals surface area contributed by atoms with Crippen molar-refractivity contribution >= 4 is 46.3 Å². The van der Waals surface area contributed by atoms with Crippen molar-refractivity contribution in [2.24, 2.45) is 16.8 Å². The Morgan fingerprint density at radius 1 is 1.14 bits per heavy atom. The van der Waals surface area contributed by atoms with Crippen LogP contribution in [-0.4, -0.2) is 64.7 Å². The molecule has 0 unspecified atom stereocenters. The Balaban J connectivity index is 1.47. The van der Waals surface area contributed by atoms with Crippen LogP contribution in [0.3, 0.4) is 0 Å². The van der Waals surface area contributed by atoms with Crippen LogP contribution in [0.2, 0.25) is 5.02 Å². The second-order valence-electron chi connectivity index (χ2n) is 12.8. The number of hydrogen-bond donors (Lipinski definition) is 2. The molecule has 50 heavy (non-hydrogen) atoms. The molecular weight excluding hydrogens is 677 g/mol. The molecule has 0 bridgehead atoms. The van der Waals surface area contributed by atoms with Crippen LogP contribution in [0.5, 0.6) is 5.75 Å². The Morgan fingerprint density at radius 2 is 1.86 bits per heavy atom. The van der Waals surface area contributed by atoms with Crippen molar-refractivity contribution in [1.82, 2.24) is 19.9 Å². The summed E-state index contributed by atoms with van der Waals surface area (Å²) in [6.45, 7) is 4.29. The number of fused-ring (bicyclic) bond motifs is 2. The lowest BCUT2D eigenvalue weighted by Crippen LogP contribution is -2.50. The molecule has 4 aromatic rings. The minimum Gasteiger partial charge on any atom is -0.423 e. The van der Waals surface area contributed by atoms with E-state index in [1.165, 1.54) is 55.1 Å². The van der Waals surface area contributed by atoms with Crippen molar-refractivity contribution < 1.29 is 37.3 Å². The van der Waals surface area contributed by atoms with Gasteiger partial charge in [-0.15, -0.1) is 0 Å². The van der Waals surface area contributed by atoms with Gasteiger partial charge in [-0.1, -0.05) is 27.5 Å². The van der Waals surface area contributed by atoms with Gasteiger partial charge < -0.3 is 15.6 Å². The maximum Gasteiger partial charge on any atom is 0.482 e. The number of hydrazone groups is 1. The first-order chi connectivity index (χ1) is 23.6. The molecule has 5 heterocycles. The fourth-order valence-electron chi connectivity index (χ4n) is 5.99. The molecule has 3 N–H and O–H groups in total. The Bertz CT molecular complexity index is 2150. The van der Waals surface area contributed by atoms with Gasteiger partial charge in [-0.3, -0.25) is 19.5 Å². The third kappa shape index (κ3) is 5.96. The Labute approximate surface area is 288 Å². The van der Waals surface area contributed by atoms with Gasteiger partial charge in [-0.05, 0) is 67.4 Å². The van der Waals surface area contributed by atoms with Crippen LogP contribution >= 0.6 is 11.6 Å². The number of pyridine rings is 2. The van der Waals surface area contributed by atoms with E-state index >= 15 is 8.78 Å². The summed E-state index contributed by atoms with van der Waals surface area (Å²) in [7, 11) is 0. The van der Waals surface area contributed by atoms with Gasteiger partial charge in [0.1, 0.15) is 16.9 Å². The zero-order valence-electron chi connectivity index (χ0n) is 26.9. The maximum absolute atomic E-state index is 15.2. The summed E-state index contributed by atoms with van der Waals surface area (Å²) in [5.41, 5.74) is 6.07. The van der Waals surface area contributed by atoms with E-state index in [0.29, 0.717) is 28.5 Å². The van der Waals surface area contributed by atoms with Crippen molar-refractivity contribution in [1.29, 1.82) is 0 Å². The first kappa shape index (κ1) is 33.2. The first-order valence-electron chi connectivity index (χ1n) is 15.6. The van der Waals surface area contributed by atoms with E-state index in [2.05, 4.69) is 20.1 Å². The standard InChI is InChI=1S/C34H28ClF3N8O4/c1-16(30-41-13-20(36)14-42-30)46-31-27(28(44-46)33(2,3)49)25(26(29(39)47)22(43-31)10-17-4-5-17)18-6-9-23-24(11-18)50-34(37,38)32(48)45(23)15-21-8-7-19(35)12-40-21/h6-9,11-14,17,49H,4-5,10,15H2,1-3H3,(H-,39,47)/p+1/b46-16-. The van der Waals surface area contributed by atoms with Gasteiger partial charge in [0.2, 0.25) is 0 Å². The maximum atomic E-state index is 15.2. The van der Waals surface area contributed by atoms with E-state index < -0.39 is 29.3 Å². The summed E-state index contributed by atoms with van der Waals surface area (Å²) >= 11 is 5.94. The summed E-state index contributed by atoms with van der Waals surface area (Å²) < 4.78 is 50.4. The van der Waals surface area contributed by atoms with Crippen molar-refractivity contribution in [3.05, 3.63) is 88.1 Å². The number of halogens is 4. The average molecular weight is 706 g/mol. The predicted molar refractivity (Wildman–Crippen MR) is 175 cm³/mol. The molecule has 0 atom stereocenters. The van der Waals surface area contributed by atoms with Crippen LogP contribution < -0.4 is 15.4 Å². The highest BCUT2D eigenvalue weighted by Gasteiger charge is 2.51. The molecule has 256 valence electrons. The van der Waals surface area contributed by atoms with E-state index in [0.717, 1.165) is 30.1 Å². The SMILES string of the molecule is C/C(c1ncc(F)cn1)=[N+]1/N=C(C(C)(C)O)c2c1nc(CC1CC1)c(C(N)=O)c2-c1ccc2c(c1)OC(F)(F)C(=O)N2Cc1ccc(Cl)cn1. The van der Waals surface area contributed by atoms with E-state index in [1.54, 1.807) is 6.92 Å². The number of nitrogens with zero attached hydrogens (tertiary/aromatic N) is 7. The van der Waals surface area contributed by atoms with Crippen LogP contribution in [0, 0.1) is 11.7 Å². The van der Waals surface area contributed by atoms with Crippen LogP contribution in [0.15, 0.2) is 54.0 Å². The van der Waals surface area contributed by atoms with Crippen molar-refractivity contribution in [3.63, 3.8) is 0 Å². The molecule has 1 aliphatic carbocycles. The molecule has 0 radical (unpaired) electrons. The second-order valence-corrected chi connectivity index (χ2v) is 13.2. The minimum absolute atomic E-state index is 0.0194. The molecule has 7 rings (SSSR count). The van der Waals surface area contributed by atoms with Crippen LogP contribution in [0.1, 0.15) is 66.7 Å². The van der Waals surface area contributed by atoms with Crippen LogP contribution in [0.4, 0.5) is 24.7 Å². The van der Waals surface area contributed by atoms with Gasteiger partial charge in [-0.2, -0.15) is 8.78 Å². The number of anilines is 1. The second kappa shape index (κ2) is 11.9. The quantitative estimate of drug-likeness (QED) is 0.244. The summed E-state index contributed by atoms with van der Waals surface area (Å²) in [6, 6.07) is 7.28. The molecule has 1 fully saturated rings. The highest BCUT2D eigenvalue weighted by Crippen LogP contribution is 2.47. The predicted octanol–water partition coefficient (Wildman–Crippen LogP) is 4.94. The number of aromatic nitrogens is 4. The van der Waals surface area contributed by atoms with Gasteiger partial charge in [0.25, 0.3) is 5.91 Å². The van der Waals surface area contributed by atoms with Crippen LogP contribution in [0.25, 0.3) is 11.1 Å². The Kier molecular flexibility index (Phi) is 7.94. The number of hydrogen-bond acceptors (Lipinski definition) is 9. The number of aliphatic hydroxyl groups is 1. The number of benzene rings is 1. The highest BCUT2D eigenvalue weighted by atomic mass is 35.5. The summed E-state index contributed by atoms with van der Waals surface area (Å²) in [4.78, 5) is 44.3. The lowest BCUT2D eigenvalue weighted by molar-refractivity contribution is -0.445. The number of alkyl halides is 2. The topological polar surface area (TPSA) is 160 Å². The third-order valence-corrected chi connectivity index (χ3v) is 8.76. The monoisotopic (exact) mass is 705 g/mol. The summed E-state index contributed by atoms with van der Waals surface area (Å²) in [6.07, 6.45) is 1.29. The highest BCUT2D eigenvalue weighted by molar-refractivity contribution is 6.30. The molecule has 3 aliphatic rings. The first-order valence-corrected chi connectivity index (χ1v) is 15.9. The summed E-state index contributed by atoms with van der Waals surface area (Å²) in [5.74, 6) is -2.89. The third-order valence-electron chi connectivity index (χ3n) is 8.54. The number of carbonyl (C=O) groups is 2. The number of primary amides is 1. The lowest BCUT2D eigenvalue weighted by Gasteiger charge is -2.33. The van der Waals surface area contributed by atoms with Crippen molar-refractivity contribution in [2.45, 2.75) is 58.3 Å². The smallest absolute Gasteiger partial charge is 0.423 e. The molecule has 2 aliphatic heterocycles. The molecule has 0 saturated heterocycles. The zero-order chi connectivity index (χ0) is 35.7. The molecular formula is C34H29ClF3N8O4+. The van der Waals surface area contributed by atoms with Crippen molar-refractivity contribution in [2.75, 3.05) is 4.90 Å². The van der Waals surface area contributed by atoms with E-state index in [9.17, 15) is 19.1 Å². The lowest BCUT2D eigenvalue weighted by atomic mass is 9.85. The molecule has 1 saturated carbocycles. The van der Waals surface area contributed by atoms with E-state index in [1.807, 2.05) is 0 Å². The fourth-order valence-corrected chi connectivity index (χ4v) is 6.10. The number of amides is 2. The van der Waals surface area contributed by atoms with E-state index in [4.69, 9.17) is 27.1 Å². The van der Waals surface area contributed by atoms with Gasteiger partial charge >= 0.3 is 17.8 Å². The molecule has 3 aromatic heterocycles. The van der Waals surface area contributed by atoms with Gasteiger partial charge in [-0.25, -0.2) is 14.4 Å². The molecule has 12 nitrogen and oxygen atoms in total. The van der Waals surface area contributed by atoms with Gasteiger partial charge in [0, 0.05) is 25.1 Å². The number of nitrogens with two attached hydrogens (primary N) is 1. The number of ether oxygens (including phenoxy) is 1. The van der Waals surface area contributed by atoms with Crippen LogP contribution in [-0.2, 0) is 17.8 Å². The zero-order valence-corrected chi connectivity index (χ0v) is 27.7. The Hall–Kier alpha value is -5.28. The molecule has 2 amide bonds. The average Bonchev–Trinajstić information content (AvgIpc) is 3.79. The van der Waals surface area contributed by atoms with Gasteiger partial charge in [0.15, 0.2) is 28.8 Å². The fraction of sp³-hybridized carbons (Fsp3) is 0.294. The van der Waals surface area contributed by atoms with Crippen molar-refractivity contribution in [3.8, 4) is 16.9 Å². The van der Waals surface area contributed by atoms with Gasteiger partial charge in [0.05, 0.1) is 40.9 Å². The van der Waals surface area contributed by atoms with E-state index in [-0.39, 0.29) is 63.5 Å². The molecule has 0 spiro atoms.